The molecule has 0 unspecified atom stereocenters. The highest BCUT2D eigenvalue weighted by Crippen LogP contribution is 2.19. The third-order valence-electron chi connectivity index (χ3n) is 5.00. The van der Waals surface area contributed by atoms with Gasteiger partial charge in [-0.1, -0.05) is 12.1 Å². The van der Waals surface area contributed by atoms with E-state index >= 15 is 0 Å². The third kappa shape index (κ3) is 4.18. The van der Waals surface area contributed by atoms with Gasteiger partial charge in [0.25, 0.3) is 15.9 Å². The summed E-state index contributed by atoms with van der Waals surface area (Å²) in [5.41, 5.74) is 0.439. The second kappa shape index (κ2) is 8.34. The van der Waals surface area contributed by atoms with Crippen molar-refractivity contribution >= 4 is 21.9 Å². The molecule has 0 bridgehead atoms. The van der Waals surface area contributed by atoms with E-state index in [0.717, 1.165) is 0 Å². The van der Waals surface area contributed by atoms with Crippen LogP contribution < -0.4 is 0 Å². The number of esters is 1. The maximum absolute atomic E-state index is 13.0. The highest BCUT2D eigenvalue weighted by Gasteiger charge is 2.31. The number of ether oxygens (including phenoxy) is 1. The Morgan fingerprint density at radius 2 is 1.76 bits per heavy atom. The van der Waals surface area contributed by atoms with Gasteiger partial charge in [-0.2, -0.15) is 4.31 Å². The molecule has 0 aliphatic carbocycles. The third-order valence-corrected chi connectivity index (χ3v) is 6.77. The maximum Gasteiger partial charge on any atom is 0.338 e. The van der Waals surface area contributed by atoms with Crippen LogP contribution in [0.25, 0.3) is 0 Å². The summed E-state index contributed by atoms with van der Waals surface area (Å²) in [5, 5.41) is 0.00770. The number of carbonyl (C=O) groups is 2. The Kier molecular flexibility index (Phi) is 6.04. The summed E-state index contributed by atoms with van der Waals surface area (Å²) in [6.07, 6.45) is 1.97. The van der Waals surface area contributed by atoms with E-state index in [4.69, 9.17) is 4.74 Å². The number of aryl methyl sites for hydroxylation is 2. The maximum atomic E-state index is 13.0. The van der Waals surface area contributed by atoms with E-state index in [2.05, 4.69) is 4.98 Å². The zero-order valence-electron chi connectivity index (χ0n) is 16.7. The molecule has 9 nitrogen and oxygen atoms in total. The number of rotatable bonds is 4. The first-order valence-electron chi connectivity index (χ1n) is 9.22. The van der Waals surface area contributed by atoms with Crippen LogP contribution in [0.4, 0.5) is 0 Å². The number of imidazole rings is 1. The quantitative estimate of drug-likeness (QED) is 0.685. The molecule has 1 fully saturated rings. The van der Waals surface area contributed by atoms with E-state index in [1.54, 1.807) is 41.6 Å². The molecule has 2 heterocycles. The number of aromatic nitrogens is 2. The Morgan fingerprint density at radius 3 is 2.38 bits per heavy atom. The zero-order valence-corrected chi connectivity index (χ0v) is 17.5. The summed E-state index contributed by atoms with van der Waals surface area (Å²) in [6, 6.07) is 6.45. The lowest BCUT2D eigenvalue weighted by Gasteiger charge is -2.22. The molecule has 2 aromatic rings. The number of amides is 1. The summed E-state index contributed by atoms with van der Waals surface area (Å²) in [5.74, 6) is -0.299. The fraction of sp³-hybridized carbons (Fsp3) is 0.421. The van der Waals surface area contributed by atoms with Crippen molar-refractivity contribution in [2.24, 2.45) is 7.05 Å². The monoisotopic (exact) mass is 420 g/mol. The molecule has 0 N–H and O–H groups in total. The van der Waals surface area contributed by atoms with Gasteiger partial charge < -0.3 is 14.2 Å². The molecule has 1 aliphatic heterocycles. The Hall–Kier alpha value is -2.72. The van der Waals surface area contributed by atoms with Crippen molar-refractivity contribution in [3.05, 3.63) is 47.4 Å². The van der Waals surface area contributed by atoms with Crippen LogP contribution in [-0.4, -0.2) is 72.3 Å². The molecule has 1 amide bonds. The van der Waals surface area contributed by atoms with Gasteiger partial charge in [0.05, 0.1) is 18.2 Å². The molecule has 0 atom stereocenters. The number of hydrogen-bond donors (Lipinski definition) is 0. The van der Waals surface area contributed by atoms with Gasteiger partial charge in [-0.25, -0.2) is 18.2 Å². The number of carbonyl (C=O) groups excluding carboxylic acids is 2. The molecule has 1 aromatic carbocycles. The number of hydrogen-bond acceptors (Lipinski definition) is 6. The van der Waals surface area contributed by atoms with Gasteiger partial charge in [0, 0.05) is 39.4 Å². The standard InChI is InChI=1S/C19H24N4O5S/c1-14-20-17(13-21(14)2)29(26,27)23-10-6-9-22(11-12-23)18(24)15-7-4-5-8-16(15)19(25)28-3/h4-5,7-8,13H,6,9-12H2,1-3H3. The molecule has 0 spiro atoms. The molecule has 1 aliphatic rings. The van der Waals surface area contributed by atoms with Gasteiger partial charge >= 0.3 is 5.97 Å². The number of benzene rings is 1. The first-order chi connectivity index (χ1) is 13.8. The van der Waals surface area contributed by atoms with Crippen molar-refractivity contribution in [1.82, 2.24) is 18.8 Å². The fourth-order valence-electron chi connectivity index (χ4n) is 3.25. The Balaban J connectivity index is 1.78. The Bertz CT molecular complexity index is 1010. The van der Waals surface area contributed by atoms with E-state index in [1.807, 2.05) is 0 Å². The van der Waals surface area contributed by atoms with Crippen molar-refractivity contribution in [3.8, 4) is 0 Å². The zero-order chi connectivity index (χ0) is 21.2. The normalized spacial score (nSPS) is 15.8. The summed E-state index contributed by atoms with van der Waals surface area (Å²) >= 11 is 0. The highest BCUT2D eigenvalue weighted by atomic mass is 32.2. The topological polar surface area (TPSA) is 102 Å². The van der Waals surface area contributed by atoms with Crippen LogP contribution in [0.3, 0.4) is 0 Å². The first-order valence-corrected chi connectivity index (χ1v) is 10.7. The summed E-state index contributed by atoms with van der Waals surface area (Å²) in [4.78, 5) is 30.7. The minimum absolute atomic E-state index is 0.00770. The van der Waals surface area contributed by atoms with Crippen LogP contribution in [0, 0.1) is 6.92 Å². The minimum atomic E-state index is -3.74. The first kappa shape index (κ1) is 21.0. The number of methoxy groups -OCH3 is 1. The minimum Gasteiger partial charge on any atom is -0.465 e. The van der Waals surface area contributed by atoms with Gasteiger partial charge in [0.2, 0.25) is 0 Å². The van der Waals surface area contributed by atoms with Gasteiger partial charge in [0.15, 0.2) is 5.03 Å². The Labute approximate surface area is 169 Å². The van der Waals surface area contributed by atoms with Crippen LogP contribution in [0.2, 0.25) is 0 Å². The van der Waals surface area contributed by atoms with Crippen molar-refractivity contribution in [2.45, 2.75) is 18.4 Å². The predicted octanol–water partition coefficient (Wildman–Crippen LogP) is 1.05. The average molecular weight is 420 g/mol. The second-order valence-corrected chi connectivity index (χ2v) is 8.71. The fourth-order valence-corrected chi connectivity index (χ4v) is 4.74. The van der Waals surface area contributed by atoms with Crippen molar-refractivity contribution < 1.29 is 22.7 Å². The number of nitrogens with zero attached hydrogens (tertiary/aromatic N) is 4. The van der Waals surface area contributed by atoms with Crippen molar-refractivity contribution in [2.75, 3.05) is 33.3 Å². The highest BCUT2D eigenvalue weighted by molar-refractivity contribution is 7.89. The van der Waals surface area contributed by atoms with E-state index < -0.39 is 16.0 Å². The lowest BCUT2D eigenvalue weighted by Crippen LogP contribution is -2.38. The lowest BCUT2D eigenvalue weighted by molar-refractivity contribution is 0.0590. The molecule has 10 heteroatoms. The number of sulfonamides is 1. The molecule has 1 aromatic heterocycles. The Morgan fingerprint density at radius 1 is 1.07 bits per heavy atom. The summed E-state index contributed by atoms with van der Waals surface area (Å²) < 4.78 is 33.6. The van der Waals surface area contributed by atoms with Crippen LogP contribution >= 0.6 is 0 Å². The lowest BCUT2D eigenvalue weighted by atomic mass is 10.1. The largest absolute Gasteiger partial charge is 0.465 e. The SMILES string of the molecule is COC(=O)c1ccccc1C(=O)N1CCCN(S(=O)(=O)c2cn(C)c(C)n2)CC1. The van der Waals surface area contributed by atoms with E-state index in [1.165, 1.54) is 23.7 Å². The molecule has 29 heavy (non-hydrogen) atoms. The smallest absolute Gasteiger partial charge is 0.338 e. The van der Waals surface area contributed by atoms with Crippen LogP contribution in [-0.2, 0) is 21.8 Å². The summed E-state index contributed by atoms with van der Waals surface area (Å²) in [6.45, 7) is 2.80. The van der Waals surface area contributed by atoms with Crippen LogP contribution in [0.5, 0.6) is 0 Å². The molecule has 0 radical (unpaired) electrons. The van der Waals surface area contributed by atoms with Crippen LogP contribution in [0.15, 0.2) is 35.5 Å². The molecule has 156 valence electrons. The van der Waals surface area contributed by atoms with Gasteiger partial charge in [-0.05, 0) is 25.5 Å². The molecular weight excluding hydrogens is 396 g/mol. The van der Waals surface area contributed by atoms with Gasteiger partial charge in [-0.3, -0.25) is 4.79 Å². The molecule has 3 rings (SSSR count). The van der Waals surface area contributed by atoms with E-state index in [9.17, 15) is 18.0 Å². The van der Waals surface area contributed by atoms with Gasteiger partial charge in [0.1, 0.15) is 5.82 Å². The van der Waals surface area contributed by atoms with Gasteiger partial charge in [-0.15, -0.1) is 0 Å². The molecule has 1 saturated heterocycles. The second-order valence-electron chi connectivity index (χ2n) is 6.82. The van der Waals surface area contributed by atoms with Crippen LogP contribution in [0.1, 0.15) is 33.0 Å². The summed E-state index contributed by atoms with van der Waals surface area (Å²) in [7, 11) is -0.737. The van der Waals surface area contributed by atoms with E-state index in [-0.39, 0.29) is 35.1 Å². The molecular formula is C19H24N4O5S. The molecule has 0 saturated carbocycles. The van der Waals surface area contributed by atoms with Crippen molar-refractivity contribution in [3.63, 3.8) is 0 Å². The average Bonchev–Trinajstić information content (AvgIpc) is 2.92. The van der Waals surface area contributed by atoms with Crippen molar-refractivity contribution in [1.29, 1.82) is 0 Å². The van der Waals surface area contributed by atoms with E-state index in [0.29, 0.717) is 25.3 Å². The predicted molar refractivity (Wildman–Crippen MR) is 105 cm³/mol.